The molecule has 5 nitrogen and oxygen atoms in total. The number of carbonyl (C=O) groups is 1. The molecule has 0 amide bonds. The summed E-state index contributed by atoms with van der Waals surface area (Å²) in [6.45, 7) is 0.403. The van der Waals surface area contributed by atoms with Crippen molar-refractivity contribution < 1.29 is 14.3 Å². The molecular weight excluding hydrogens is 244 g/mol. The molecule has 0 saturated heterocycles. The monoisotopic (exact) mass is 256 g/mol. The Morgan fingerprint density at radius 2 is 2.16 bits per heavy atom. The Morgan fingerprint density at radius 3 is 3.00 bits per heavy atom. The van der Waals surface area contributed by atoms with Crippen molar-refractivity contribution >= 4 is 22.6 Å². The van der Waals surface area contributed by atoms with E-state index in [0.717, 1.165) is 16.6 Å². The summed E-state index contributed by atoms with van der Waals surface area (Å²) in [7, 11) is 0. The lowest BCUT2D eigenvalue weighted by Gasteiger charge is -2.03. The molecule has 1 aromatic carbocycles. The van der Waals surface area contributed by atoms with Crippen LogP contribution < -0.4 is 5.32 Å². The number of aromatic amines is 1. The number of carboxylic acid groups (broad SMARTS) is 1. The van der Waals surface area contributed by atoms with Crippen LogP contribution in [0.25, 0.3) is 10.9 Å². The quantitative estimate of drug-likeness (QED) is 0.670. The number of para-hydroxylation sites is 1. The molecule has 0 aliphatic heterocycles. The van der Waals surface area contributed by atoms with Gasteiger partial charge in [0.2, 0.25) is 5.76 Å². The van der Waals surface area contributed by atoms with Crippen LogP contribution in [0.4, 0.5) is 5.69 Å². The van der Waals surface area contributed by atoms with Gasteiger partial charge in [-0.3, -0.25) is 0 Å². The third-order valence-electron chi connectivity index (χ3n) is 3.00. The van der Waals surface area contributed by atoms with Gasteiger partial charge in [-0.25, -0.2) is 4.79 Å². The predicted molar refractivity (Wildman–Crippen MR) is 71.3 cm³/mol. The minimum Gasteiger partial charge on any atom is -0.475 e. The van der Waals surface area contributed by atoms with E-state index in [0.29, 0.717) is 12.1 Å². The van der Waals surface area contributed by atoms with Crippen molar-refractivity contribution in [1.29, 1.82) is 0 Å². The number of furan rings is 1. The van der Waals surface area contributed by atoms with Crippen molar-refractivity contribution in [3.05, 3.63) is 54.1 Å². The van der Waals surface area contributed by atoms with Gasteiger partial charge in [-0.15, -0.1) is 0 Å². The van der Waals surface area contributed by atoms with Crippen LogP contribution in [-0.2, 0) is 6.54 Å². The van der Waals surface area contributed by atoms with Crippen molar-refractivity contribution in [1.82, 2.24) is 4.98 Å². The summed E-state index contributed by atoms with van der Waals surface area (Å²) in [6.07, 6.45) is 3.25. The maximum atomic E-state index is 10.9. The third kappa shape index (κ3) is 2.06. The summed E-state index contributed by atoms with van der Waals surface area (Å²) in [6, 6.07) is 9.57. The van der Waals surface area contributed by atoms with Crippen LogP contribution in [0.1, 0.15) is 16.1 Å². The Balaban J connectivity index is 1.83. The minimum absolute atomic E-state index is 0.0210. The van der Waals surface area contributed by atoms with E-state index >= 15 is 0 Å². The summed E-state index contributed by atoms with van der Waals surface area (Å²) >= 11 is 0. The molecule has 96 valence electrons. The predicted octanol–water partition coefficient (Wildman–Crippen LogP) is 3.07. The molecule has 0 atom stereocenters. The van der Waals surface area contributed by atoms with Crippen LogP contribution in [0.5, 0.6) is 0 Å². The number of aromatic carboxylic acids is 1. The van der Waals surface area contributed by atoms with E-state index in [1.54, 1.807) is 6.07 Å². The second-order valence-corrected chi connectivity index (χ2v) is 4.18. The van der Waals surface area contributed by atoms with Gasteiger partial charge in [-0.05, 0) is 12.1 Å². The number of fused-ring (bicyclic) bond motifs is 1. The molecule has 3 aromatic rings. The first-order valence-corrected chi connectivity index (χ1v) is 5.85. The topological polar surface area (TPSA) is 78.3 Å². The average molecular weight is 256 g/mol. The van der Waals surface area contributed by atoms with Gasteiger partial charge in [0, 0.05) is 29.2 Å². The molecule has 3 rings (SSSR count). The van der Waals surface area contributed by atoms with E-state index in [4.69, 9.17) is 9.52 Å². The molecule has 0 fully saturated rings. The Hall–Kier alpha value is -2.69. The normalized spacial score (nSPS) is 10.7. The second-order valence-electron chi connectivity index (χ2n) is 4.18. The second kappa shape index (κ2) is 4.53. The van der Waals surface area contributed by atoms with Crippen LogP contribution in [0.15, 0.2) is 47.2 Å². The van der Waals surface area contributed by atoms with Crippen molar-refractivity contribution in [2.45, 2.75) is 6.54 Å². The number of aromatic nitrogens is 1. The van der Waals surface area contributed by atoms with E-state index in [1.165, 1.54) is 6.26 Å². The van der Waals surface area contributed by atoms with Gasteiger partial charge in [-0.1, -0.05) is 18.2 Å². The largest absolute Gasteiger partial charge is 0.475 e. The van der Waals surface area contributed by atoms with Gasteiger partial charge >= 0.3 is 5.97 Å². The Morgan fingerprint density at radius 1 is 1.32 bits per heavy atom. The fourth-order valence-electron chi connectivity index (χ4n) is 2.07. The summed E-state index contributed by atoms with van der Waals surface area (Å²) in [4.78, 5) is 14.1. The van der Waals surface area contributed by atoms with E-state index in [2.05, 4.69) is 10.3 Å². The highest BCUT2D eigenvalue weighted by molar-refractivity contribution is 5.92. The van der Waals surface area contributed by atoms with Gasteiger partial charge < -0.3 is 19.8 Å². The Kier molecular flexibility index (Phi) is 2.72. The van der Waals surface area contributed by atoms with E-state index < -0.39 is 5.97 Å². The Labute approximate surface area is 108 Å². The van der Waals surface area contributed by atoms with Crippen LogP contribution in [0.2, 0.25) is 0 Å². The lowest BCUT2D eigenvalue weighted by molar-refractivity contribution is 0.0661. The number of hydrogen-bond acceptors (Lipinski definition) is 3. The molecule has 0 radical (unpaired) electrons. The molecule has 0 saturated carbocycles. The number of hydrogen-bond donors (Lipinski definition) is 3. The van der Waals surface area contributed by atoms with E-state index in [9.17, 15) is 4.79 Å². The Bertz CT molecular complexity index is 727. The first kappa shape index (κ1) is 11.4. The molecule has 0 aliphatic carbocycles. The molecule has 19 heavy (non-hydrogen) atoms. The van der Waals surface area contributed by atoms with Crippen LogP contribution in [-0.4, -0.2) is 16.1 Å². The fourth-order valence-corrected chi connectivity index (χ4v) is 2.07. The highest BCUT2D eigenvalue weighted by atomic mass is 16.4. The standard InChI is InChI=1S/C14H12N2O3/c17-14(18)13-9(5-6-19-13)7-15-12-8-16-11-4-2-1-3-10(11)12/h1-6,8,15-16H,7H2,(H,17,18). The number of benzene rings is 1. The van der Waals surface area contributed by atoms with Crippen molar-refractivity contribution in [3.8, 4) is 0 Å². The zero-order valence-corrected chi connectivity index (χ0v) is 10.0. The van der Waals surface area contributed by atoms with Gasteiger partial charge in [0.05, 0.1) is 12.0 Å². The van der Waals surface area contributed by atoms with Crippen molar-refractivity contribution in [2.24, 2.45) is 0 Å². The van der Waals surface area contributed by atoms with E-state index in [-0.39, 0.29) is 5.76 Å². The summed E-state index contributed by atoms with van der Waals surface area (Å²) in [5, 5.41) is 13.2. The summed E-state index contributed by atoms with van der Waals surface area (Å²) < 4.78 is 4.94. The fraction of sp³-hybridized carbons (Fsp3) is 0.0714. The maximum Gasteiger partial charge on any atom is 0.372 e. The molecule has 0 unspecified atom stereocenters. The zero-order valence-electron chi connectivity index (χ0n) is 10.0. The lowest BCUT2D eigenvalue weighted by atomic mass is 10.2. The number of carboxylic acids is 1. The third-order valence-corrected chi connectivity index (χ3v) is 3.00. The first-order chi connectivity index (χ1) is 9.25. The molecular formula is C14H12N2O3. The number of rotatable bonds is 4. The molecule has 3 N–H and O–H groups in total. The molecule has 0 spiro atoms. The summed E-state index contributed by atoms with van der Waals surface area (Å²) in [5.74, 6) is -1.08. The number of nitrogens with one attached hydrogen (secondary N) is 2. The molecule has 2 aromatic heterocycles. The number of H-pyrrole nitrogens is 1. The first-order valence-electron chi connectivity index (χ1n) is 5.85. The smallest absolute Gasteiger partial charge is 0.372 e. The van der Waals surface area contributed by atoms with Crippen molar-refractivity contribution in [3.63, 3.8) is 0 Å². The molecule has 2 heterocycles. The average Bonchev–Trinajstić information content (AvgIpc) is 3.03. The van der Waals surface area contributed by atoms with Crippen LogP contribution >= 0.6 is 0 Å². The highest BCUT2D eigenvalue weighted by Crippen LogP contribution is 2.23. The minimum atomic E-state index is -1.05. The van der Waals surface area contributed by atoms with Gasteiger partial charge in [0.15, 0.2) is 0 Å². The molecule has 0 aliphatic rings. The zero-order chi connectivity index (χ0) is 13.2. The van der Waals surface area contributed by atoms with Crippen LogP contribution in [0, 0.1) is 0 Å². The van der Waals surface area contributed by atoms with Crippen molar-refractivity contribution in [2.75, 3.05) is 5.32 Å². The van der Waals surface area contributed by atoms with Gasteiger partial charge in [-0.2, -0.15) is 0 Å². The lowest BCUT2D eigenvalue weighted by Crippen LogP contribution is -2.04. The number of anilines is 1. The maximum absolute atomic E-state index is 10.9. The highest BCUT2D eigenvalue weighted by Gasteiger charge is 2.13. The molecule has 5 heteroatoms. The summed E-state index contributed by atoms with van der Waals surface area (Å²) in [5.41, 5.74) is 2.60. The van der Waals surface area contributed by atoms with Gasteiger partial charge in [0.25, 0.3) is 0 Å². The van der Waals surface area contributed by atoms with Crippen LogP contribution in [0.3, 0.4) is 0 Å². The molecule has 0 bridgehead atoms. The SMILES string of the molecule is O=C(O)c1occc1CNc1c[nH]c2ccccc12. The van der Waals surface area contributed by atoms with Gasteiger partial charge in [0.1, 0.15) is 0 Å². The van der Waals surface area contributed by atoms with E-state index in [1.807, 2.05) is 30.5 Å².